The predicted octanol–water partition coefficient (Wildman–Crippen LogP) is 4.14. The third-order valence-electron chi connectivity index (χ3n) is 4.19. The van der Waals surface area contributed by atoms with Gasteiger partial charge in [0.25, 0.3) is 0 Å². The minimum Gasteiger partial charge on any atom is -0.287 e. The first kappa shape index (κ1) is 12.3. The number of fused-ring (bicyclic) bond motifs is 2. The number of rotatable bonds is 2. The number of carbonyl (C=O) groups excluding carboxylic acids is 1. The zero-order valence-electron chi connectivity index (χ0n) is 10.2. The third kappa shape index (κ3) is 1.92. The highest BCUT2D eigenvalue weighted by Crippen LogP contribution is 2.54. The van der Waals surface area contributed by atoms with Gasteiger partial charge in [0.1, 0.15) is 0 Å². The first-order chi connectivity index (χ1) is 8.70. The lowest BCUT2D eigenvalue weighted by atomic mass is 9.79. The van der Waals surface area contributed by atoms with E-state index in [0.29, 0.717) is 22.9 Å². The molecule has 1 saturated carbocycles. The van der Waals surface area contributed by atoms with E-state index >= 15 is 0 Å². The zero-order valence-corrected chi connectivity index (χ0v) is 11.7. The molecule has 0 aromatic heterocycles. The third-order valence-corrected chi connectivity index (χ3v) is 5.11. The van der Waals surface area contributed by atoms with Crippen molar-refractivity contribution in [2.24, 2.45) is 17.8 Å². The molecular formula is C15H15ClOS. The molecule has 4 atom stereocenters. The second-order valence-corrected chi connectivity index (χ2v) is 6.32. The van der Waals surface area contributed by atoms with Crippen LogP contribution in [-0.4, -0.2) is 11.4 Å². The average molecular weight is 279 g/mol. The topological polar surface area (TPSA) is 17.1 Å². The first-order valence-corrected chi connectivity index (χ1v) is 7.82. The zero-order chi connectivity index (χ0) is 12.7. The Bertz CT molecular complexity index is 494. The molecule has 3 rings (SSSR count). The van der Waals surface area contributed by atoms with E-state index in [0.717, 1.165) is 11.4 Å². The van der Waals surface area contributed by atoms with Crippen LogP contribution in [0.15, 0.2) is 36.4 Å². The molecule has 1 aromatic rings. The summed E-state index contributed by atoms with van der Waals surface area (Å²) in [4.78, 5) is 12.2. The number of thioether (sulfide) groups is 1. The normalized spacial score (nSPS) is 33.0. The summed E-state index contributed by atoms with van der Waals surface area (Å²) in [5.41, 5.74) is 1.25. The number of halogens is 1. The average Bonchev–Trinajstić information content (AvgIpc) is 2.99. The van der Waals surface area contributed by atoms with Crippen LogP contribution in [0.2, 0.25) is 5.02 Å². The van der Waals surface area contributed by atoms with Gasteiger partial charge in [-0.3, -0.25) is 4.79 Å². The van der Waals surface area contributed by atoms with Crippen molar-refractivity contribution in [3.05, 3.63) is 47.0 Å². The van der Waals surface area contributed by atoms with Crippen molar-refractivity contribution in [2.45, 2.75) is 12.3 Å². The molecule has 0 N–H and O–H groups in total. The molecule has 0 spiro atoms. The van der Waals surface area contributed by atoms with E-state index in [9.17, 15) is 4.79 Å². The van der Waals surface area contributed by atoms with Gasteiger partial charge in [-0.1, -0.05) is 47.6 Å². The standard InChI is InChI=1S/C15H15ClOS/c1-18-15(17)14-11-3-2-10(8-11)13(14)9-4-6-12(16)7-5-9/h2-7,10-11,13-14H,8H2,1H3/t10-,11+,13+,14+/m1/s1. The highest BCUT2D eigenvalue weighted by Gasteiger charge is 2.48. The Morgan fingerprint density at radius 3 is 2.56 bits per heavy atom. The van der Waals surface area contributed by atoms with Crippen molar-refractivity contribution < 1.29 is 4.79 Å². The molecule has 0 unspecified atom stereocenters. The van der Waals surface area contributed by atoms with Crippen molar-refractivity contribution in [2.75, 3.05) is 6.26 Å². The van der Waals surface area contributed by atoms with Crippen LogP contribution in [0.3, 0.4) is 0 Å². The van der Waals surface area contributed by atoms with Crippen LogP contribution in [0, 0.1) is 17.8 Å². The van der Waals surface area contributed by atoms with Gasteiger partial charge in [0.15, 0.2) is 5.12 Å². The molecule has 2 aliphatic carbocycles. The molecule has 3 heteroatoms. The molecular weight excluding hydrogens is 264 g/mol. The van der Waals surface area contributed by atoms with Crippen LogP contribution in [0.5, 0.6) is 0 Å². The van der Waals surface area contributed by atoms with Crippen LogP contribution in [0.25, 0.3) is 0 Å². The van der Waals surface area contributed by atoms with Gasteiger partial charge < -0.3 is 0 Å². The maximum atomic E-state index is 12.2. The summed E-state index contributed by atoms with van der Waals surface area (Å²) >= 11 is 7.30. The smallest absolute Gasteiger partial charge is 0.192 e. The van der Waals surface area contributed by atoms with E-state index in [2.05, 4.69) is 24.3 Å². The van der Waals surface area contributed by atoms with E-state index in [1.54, 1.807) is 0 Å². The number of hydrogen-bond donors (Lipinski definition) is 0. The summed E-state index contributed by atoms with van der Waals surface area (Å²) in [5, 5.41) is 1.08. The van der Waals surface area contributed by atoms with Crippen LogP contribution in [0.1, 0.15) is 17.9 Å². The summed E-state index contributed by atoms with van der Waals surface area (Å²) in [5.74, 6) is 1.46. The predicted molar refractivity (Wildman–Crippen MR) is 76.9 cm³/mol. The van der Waals surface area contributed by atoms with Crippen LogP contribution in [0.4, 0.5) is 0 Å². The molecule has 2 aliphatic rings. The first-order valence-electron chi connectivity index (χ1n) is 6.22. The van der Waals surface area contributed by atoms with Crippen molar-refractivity contribution in [1.29, 1.82) is 0 Å². The Balaban J connectivity index is 1.96. The van der Waals surface area contributed by atoms with E-state index < -0.39 is 0 Å². The quantitative estimate of drug-likeness (QED) is 0.757. The van der Waals surface area contributed by atoms with Gasteiger partial charge in [0.2, 0.25) is 0 Å². The molecule has 0 heterocycles. The lowest BCUT2D eigenvalue weighted by Crippen LogP contribution is -2.24. The van der Waals surface area contributed by atoms with Gasteiger partial charge in [-0.2, -0.15) is 0 Å². The SMILES string of the molecule is CSC(=O)[C@@H]1[C@@H](c2ccc(Cl)cc2)[C@@H]2C=C[C@H]1C2. The highest BCUT2D eigenvalue weighted by molar-refractivity contribution is 8.13. The van der Waals surface area contributed by atoms with E-state index in [4.69, 9.17) is 11.6 Å². The largest absolute Gasteiger partial charge is 0.287 e. The maximum Gasteiger partial charge on any atom is 0.192 e. The Morgan fingerprint density at radius 2 is 1.89 bits per heavy atom. The molecule has 0 saturated heterocycles. The Morgan fingerprint density at radius 1 is 1.22 bits per heavy atom. The Hall–Kier alpha value is -0.730. The second-order valence-electron chi connectivity index (χ2n) is 5.07. The fourth-order valence-electron chi connectivity index (χ4n) is 3.42. The molecule has 2 bridgehead atoms. The van der Waals surface area contributed by atoms with Crippen molar-refractivity contribution in [1.82, 2.24) is 0 Å². The molecule has 1 fully saturated rings. The van der Waals surface area contributed by atoms with Crippen LogP contribution >= 0.6 is 23.4 Å². The van der Waals surface area contributed by atoms with Crippen LogP contribution in [-0.2, 0) is 4.79 Å². The monoisotopic (exact) mass is 278 g/mol. The fourth-order valence-corrected chi connectivity index (χ4v) is 4.14. The lowest BCUT2D eigenvalue weighted by Gasteiger charge is -2.26. The van der Waals surface area contributed by atoms with E-state index in [1.165, 1.54) is 17.3 Å². The Labute approximate surface area is 117 Å². The van der Waals surface area contributed by atoms with Gasteiger partial charge in [-0.15, -0.1) is 0 Å². The summed E-state index contributed by atoms with van der Waals surface area (Å²) < 4.78 is 0. The molecule has 0 amide bonds. The lowest BCUT2D eigenvalue weighted by molar-refractivity contribution is -0.115. The van der Waals surface area contributed by atoms with Crippen molar-refractivity contribution in [3.63, 3.8) is 0 Å². The molecule has 94 valence electrons. The van der Waals surface area contributed by atoms with Gasteiger partial charge in [0, 0.05) is 16.9 Å². The fraction of sp³-hybridized carbons (Fsp3) is 0.400. The van der Waals surface area contributed by atoms with Crippen molar-refractivity contribution >= 4 is 28.5 Å². The van der Waals surface area contributed by atoms with Crippen molar-refractivity contribution in [3.8, 4) is 0 Å². The Kier molecular flexibility index (Phi) is 3.25. The van der Waals surface area contributed by atoms with Crippen LogP contribution < -0.4 is 0 Å². The van der Waals surface area contributed by atoms with Gasteiger partial charge in [0.05, 0.1) is 0 Å². The number of benzene rings is 1. The van der Waals surface area contributed by atoms with Gasteiger partial charge >= 0.3 is 0 Å². The minimum absolute atomic E-state index is 0.149. The summed E-state index contributed by atoms with van der Waals surface area (Å²) in [6.07, 6.45) is 7.53. The molecule has 1 nitrogen and oxygen atoms in total. The minimum atomic E-state index is 0.149. The van der Waals surface area contributed by atoms with E-state index in [1.807, 2.05) is 18.4 Å². The van der Waals surface area contributed by atoms with Gasteiger partial charge in [-0.25, -0.2) is 0 Å². The molecule has 0 aliphatic heterocycles. The molecule has 0 radical (unpaired) electrons. The number of allylic oxidation sites excluding steroid dienone is 2. The summed E-state index contributed by atoms with van der Waals surface area (Å²) in [6.45, 7) is 0. The summed E-state index contributed by atoms with van der Waals surface area (Å²) in [7, 11) is 0. The van der Waals surface area contributed by atoms with Gasteiger partial charge in [-0.05, 0) is 42.2 Å². The molecule has 18 heavy (non-hydrogen) atoms. The number of hydrogen-bond acceptors (Lipinski definition) is 2. The van der Waals surface area contributed by atoms with E-state index in [-0.39, 0.29) is 5.92 Å². The second kappa shape index (κ2) is 4.75. The maximum absolute atomic E-state index is 12.2. The summed E-state index contributed by atoms with van der Waals surface area (Å²) in [6, 6.07) is 7.99. The highest BCUT2D eigenvalue weighted by atomic mass is 35.5. The number of carbonyl (C=O) groups is 1. The molecule has 1 aromatic carbocycles.